The van der Waals surface area contributed by atoms with Gasteiger partial charge in [0.2, 0.25) is 0 Å². The summed E-state index contributed by atoms with van der Waals surface area (Å²) >= 11 is 5.80. The van der Waals surface area contributed by atoms with Crippen molar-refractivity contribution in [2.45, 2.75) is 26.3 Å². The highest BCUT2D eigenvalue weighted by Crippen LogP contribution is 2.08. The van der Waals surface area contributed by atoms with Crippen molar-refractivity contribution in [3.05, 3.63) is 34.9 Å². The van der Waals surface area contributed by atoms with Gasteiger partial charge in [-0.05, 0) is 31.0 Å². The Morgan fingerprint density at radius 1 is 1.42 bits per heavy atom. The molecule has 19 heavy (non-hydrogen) atoms. The number of benzene rings is 1. The number of halogens is 1. The van der Waals surface area contributed by atoms with Gasteiger partial charge in [0.1, 0.15) is 0 Å². The molecule has 2 amide bonds. The van der Waals surface area contributed by atoms with E-state index in [0.29, 0.717) is 5.02 Å². The Balaban J connectivity index is 2.48. The van der Waals surface area contributed by atoms with Crippen LogP contribution in [0.3, 0.4) is 0 Å². The van der Waals surface area contributed by atoms with Crippen molar-refractivity contribution in [1.82, 2.24) is 10.7 Å². The minimum Gasteiger partial charge on any atom is -0.345 e. The monoisotopic (exact) mass is 281 g/mol. The first kappa shape index (κ1) is 15.2. The van der Waals surface area contributed by atoms with Gasteiger partial charge in [0.05, 0.1) is 6.21 Å². The highest BCUT2D eigenvalue weighted by Gasteiger charge is 2.14. The van der Waals surface area contributed by atoms with Crippen LogP contribution in [0.25, 0.3) is 0 Å². The average molecular weight is 282 g/mol. The predicted octanol–water partition coefficient (Wildman–Crippen LogP) is 1.70. The molecule has 0 spiro atoms. The second kappa shape index (κ2) is 7.53. The number of hydrogen-bond donors (Lipinski definition) is 2. The molecule has 0 aromatic heterocycles. The largest absolute Gasteiger partial charge is 0.345 e. The molecular weight excluding hydrogens is 266 g/mol. The molecule has 2 N–H and O–H groups in total. The van der Waals surface area contributed by atoms with E-state index in [1.54, 1.807) is 24.3 Å². The molecule has 6 heteroatoms. The van der Waals surface area contributed by atoms with Crippen LogP contribution in [-0.2, 0) is 9.59 Å². The SMILES string of the molecule is CC[C@@H](C)NC(=O)C(=O)N/N=C\c1cccc(Cl)c1. The molecule has 0 radical (unpaired) electrons. The van der Waals surface area contributed by atoms with Gasteiger partial charge in [-0.2, -0.15) is 5.10 Å². The second-order valence-corrected chi connectivity index (χ2v) is 4.47. The number of hydrazone groups is 1. The lowest BCUT2D eigenvalue weighted by Gasteiger charge is -2.09. The maximum absolute atomic E-state index is 11.4. The van der Waals surface area contributed by atoms with E-state index in [1.807, 2.05) is 13.8 Å². The molecule has 0 saturated carbocycles. The lowest BCUT2D eigenvalue weighted by atomic mass is 10.2. The second-order valence-electron chi connectivity index (χ2n) is 4.04. The highest BCUT2D eigenvalue weighted by atomic mass is 35.5. The summed E-state index contributed by atoms with van der Waals surface area (Å²) in [6, 6.07) is 6.92. The van der Waals surface area contributed by atoms with E-state index in [-0.39, 0.29) is 6.04 Å². The number of nitrogens with zero attached hydrogens (tertiary/aromatic N) is 1. The molecule has 1 aromatic rings. The molecule has 0 aliphatic heterocycles. The molecule has 0 heterocycles. The standard InChI is InChI=1S/C13H16ClN3O2/c1-3-9(2)16-12(18)13(19)17-15-8-10-5-4-6-11(14)7-10/h4-9H,3H2,1-2H3,(H,16,18)(H,17,19)/b15-8-/t9-/m1/s1. The molecule has 1 aromatic carbocycles. The fourth-order valence-corrected chi connectivity index (χ4v) is 1.39. The van der Waals surface area contributed by atoms with Gasteiger partial charge < -0.3 is 5.32 Å². The van der Waals surface area contributed by atoms with E-state index < -0.39 is 11.8 Å². The van der Waals surface area contributed by atoms with Crippen LogP contribution >= 0.6 is 11.6 Å². The molecule has 0 fully saturated rings. The van der Waals surface area contributed by atoms with Gasteiger partial charge in [-0.3, -0.25) is 9.59 Å². The zero-order valence-electron chi connectivity index (χ0n) is 10.8. The molecule has 0 unspecified atom stereocenters. The Bertz CT molecular complexity index is 489. The third-order valence-electron chi connectivity index (χ3n) is 2.42. The van der Waals surface area contributed by atoms with Gasteiger partial charge in [0, 0.05) is 11.1 Å². The van der Waals surface area contributed by atoms with Crippen molar-refractivity contribution in [1.29, 1.82) is 0 Å². The van der Waals surface area contributed by atoms with Gasteiger partial charge in [-0.1, -0.05) is 30.7 Å². The summed E-state index contributed by atoms with van der Waals surface area (Å²) in [6.07, 6.45) is 2.17. The third-order valence-corrected chi connectivity index (χ3v) is 2.66. The van der Waals surface area contributed by atoms with E-state index in [2.05, 4.69) is 15.8 Å². The fourth-order valence-electron chi connectivity index (χ4n) is 1.19. The molecule has 0 saturated heterocycles. The van der Waals surface area contributed by atoms with E-state index >= 15 is 0 Å². The number of nitrogens with one attached hydrogen (secondary N) is 2. The van der Waals surface area contributed by atoms with Gasteiger partial charge in [-0.15, -0.1) is 0 Å². The van der Waals surface area contributed by atoms with Crippen LogP contribution in [0.5, 0.6) is 0 Å². The van der Waals surface area contributed by atoms with Crippen LogP contribution in [0.1, 0.15) is 25.8 Å². The maximum atomic E-state index is 11.4. The number of amides is 2. The number of carbonyl (C=O) groups is 2. The molecule has 0 bridgehead atoms. The van der Waals surface area contributed by atoms with Crippen LogP contribution in [0.15, 0.2) is 29.4 Å². The maximum Gasteiger partial charge on any atom is 0.329 e. The average Bonchev–Trinajstić information content (AvgIpc) is 2.38. The van der Waals surface area contributed by atoms with Crippen LogP contribution in [0, 0.1) is 0 Å². The summed E-state index contributed by atoms with van der Waals surface area (Å²) in [4.78, 5) is 22.8. The Hall–Kier alpha value is -1.88. The summed E-state index contributed by atoms with van der Waals surface area (Å²) in [5.41, 5.74) is 2.89. The van der Waals surface area contributed by atoms with Gasteiger partial charge in [0.25, 0.3) is 0 Å². The molecular formula is C13H16ClN3O2. The smallest absolute Gasteiger partial charge is 0.329 e. The summed E-state index contributed by atoms with van der Waals surface area (Å²) < 4.78 is 0. The van der Waals surface area contributed by atoms with Crippen molar-refractivity contribution in [3.63, 3.8) is 0 Å². The quantitative estimate of drug-likeness (QED) is 0.501. The first-order valence-corrected chi connectivity index (χ1v) is 6.30. The Kier molecular flexibility index (Phi) is 6.02. The predicted molar refractivity (Wildman–Crippen MR) is 75.1 cm³/mol. The molecule has 102 valence electrons. The zero-order chi connectivity index (χ0) is 14.3. The summed E-state index contributed by atoms with van der Waals surface area (Å²) in [5.74, 6) is -1.49. The van der Waals surface area contributed by atoms with E-state index in [0.717, 1.165) is 12.0 Å². The molecule has 0 aliphatic rings. The van der Waals surface area contributed by atoms with Crippen LogP contribution < -0.4 is 10.7 Å². The van der Waals surface area contributed by atoms with E-state index in [9.17, 15) is 9.59 Å². The normalized spacial score (nSPS) is 12.2. The highest BCUT2D eigenvalue weighted by molar-refractivity contribution is 6.35. The summed E-state index contributed by atoms with van der Waals surface area (Å²) in [7, 11) is 0. The third kappa shape index (κ3) is 5.52. The topological polar surface area (TPSA) is 70.6 Å². The summed E-state index contributed by atoms with van der Waals surface area (Å²) in [6.45, 7) is 3.74. The van der Waals surface area contributed by atoms with Crippen molar-refractivity contribution in [2.24, 2.45) is 5.10 Å². The number of carbonyl (C=O) groups excluding carboxylic acids is 2. The van der Waals surface area contributed by atoms with Crippen molar-refractivity contribution >= 4 is 29.6 Å². The van der Waals surface area contributed by atoms with Crippen molar-refractivity contribution in [2.75, 3.05) is 0 Å². The minimum absolute atomic E-state index is 0.0461. The fraction of sp³-hybridized carbons (Fsp3) is 0.308. The molecule has 1 rings (SSSR count). The molecule has 0 aliphatic carbocycles. The van der Waals surface area contributed by atoms with Crippen LogP contribution in [-0.4, -0.2) is 24.1 Å². The van der Waals surface area contributed by atoms with Crippen molar-refractivity contribution < 1.29 is 9.59 Å². The number of rotatable bonds is 4. The van der Waals surface area contributed by atoms with Gasteiger partial charge >= 0.3 is 11.8 Å². The first-order valence-electron chi connectivity index (χ1n) is 5.92. The Morgan fingerprint density at radius 3 is 2.79 bits per heavy atom. The summed E-state index contributed by atoms with van der Waals surface area (Å²) in [5, 5.41) is 6.81. The number of hydrogen-bond acceptors (Lipinski definition) is 3. The zero-order valence-corrected chi connectivity index (χ0v) is 11.6. The van der Waals surface area contributed by atoms with Gasteiger partial charge in [0.15, 0.2) is 0 Å². The van der Waals surface area contributed by atoms with E-state index in [1.165, 1.54) is 6.21 Å². The van der Waals surface area contributed by atoms with Crippen LogP contribution in [0.2, 0.25) is 5.02 Å². The lowest BCUT2D eigenvalue weighted by Crippen LogP contribution is -2.41. The van der Waals surface area contributed by atoms with Crippen molar-refractivity contribution in [3.8, 4) is 0 Å². The lowest BCUT2D eigenvalue weighted by molar-refractivity contribution is -0.139. The Labute approximate surface area is 117 Å². The van der Waals surface area contributed by atoms with E-state index in [4.69, 9.17) is 11.6 Å². The van der Waals surface area contributed by atoms with Crippen LogP contribution in [0.4, 0.5) is 0 Å². The Morgan fingerprint density at radius 2 is 2.16 bits per heavy atom. The molecule has 1 atom stereocenters. The first-order chi connectivity index (χ1) is 9.02. The minimum atomic E-state index is -0.793. The van der Waals surface area contributed by atoms with Gasteiger partial charge in [-0.25, -0.2) is 5.43 Å². The molecule has 5 nitrogen and oxygen atoms in total.